The molecule has 0 aliphatic heterocycles. The van der Waals surface area contributed by atoms with Crippen LogP contribution in [0.1, 0.15) is 6.92 Å². The van der Waals surface area contributed by atoms with E-state index in [0.717, 1.165) is 0 Å². The highest BCUT2D eigenvalue weighted by Crippen LogP contribution is 2.19. The van der Waals surface area contributed by atoms with Crippen molar-refractivity contribution in [3.05, 3.63) is 28.5 Å². The summed E-state index contributed by atoms with van der Waals surface area (Å²) < 4.78 is 14.1. The van der Waals surface area contributed by atoms with Crippen molar-refractivity contribution in [2.45, 2.75) is 13.0 Å². The summed E-state index contributed by atoms with van der Waals surface area (Å²) in [6.07, 6.45) is 0. The van der Waals surface area contributed by atoms with E-state index in [-0.39, 0.29) is 5.69 Å². The molecule has 98 valence electrons. The summed E-state index contributed by atoms with van der Waals surface area (Å²) in [7, 11) is 1.40. The zero-order valence-corrected chi connectivity index (χ0v) is 11.5. The topological polar surface area (TPSA) is 70.2 Å². The summed E-state index contributed by atoms with van der Waals surface area (Å²) >= 11 is 3.13. The Balaban J connectivity index is 2.66. The molecule has 7 heteroatoms. The molecule has 0 aliphatic carbocycles. The molecular weight excluding hydrogens is 305 g/mol. The van der Waals surface area contributed by atoms with Gasteiger partial charge in [0, 0.05) is 11.5 Å². The van der Waals surface area contributed by atoms with Gasteiger partial charge < -0.3 is 10.6 Å². The van der Waals surface area contributed by atoms with Crippen molar-refractivity contribution in [1.82, 2.24) is 10.6 Å². The second-order valence-corrected chi connectivity index (χ2v) is 4.47. The summed E-state index contributed by atoms with van der Waals surface area (Å²) in [5.41, 5.74) is 0.192. The molecule has 0 saturated carbocycles. The third-order valence-corrected chi connectivity index (χ3v) is 2.65. The second-order valence-electron chi connectivity index (χ2n) is 3.56. The molecule has 0 aliphatic rings. The SMILES string of the molecule is CNC(=O)NC(=O)C(C)Nc1ccc(Br)cc1F. The summed E-state index contributed by atoms with van der Waals surface area (Å²) in [6.45, 7) is 1.53. The molecule has 1 rings (SSSR count). The summed E-state index contributed by atoms with van der Waals surface area (Å²) in [5.74, 6) is -1.03. The van der Waals surface area contributed by atoms with E-state index in [0.29, 0.717) is 4.47 Å². The van der Waals surface area contributed by atoms with Crippen LogP contribution in [-0.4, -0.2) is 25.0 Å². The molecule has 18 heavy (non-hydrogen) atoms. The molecule has 0 bridgehead atoms. The van der Waals surface area contributed by atoms with Gasteiger partial charge in [0.1, 0.15) is 11.9 Å². The first kappa shape index (κ1) is 14.4. The first-order chi connectivity index (χ1) is 8.43. The maximum atomic E-state index is 13.5. The lowest BCUT2D eigenvalue weighted by atomic mass is 10.2. The number of urea groups is 1. The standard InChI is InChI=1S/C11H13BrFN3O2/c1-6(10(17)16-11(18)14-2)15-9-4-3-7(12)5-8(9)13/h3-6,15H,1-2H3,(H2,14,16,17,18). The van der Waals surface area contributed by atoms with Crippen LogP contribution in [0.15, 0.2) is 22.7 Å². The van der Waals surface area contributed by atoms with Crippen molar-refractivity contribution < 1.29 is 14.0 Å². The molecular formula is C11H13BrFN3O2. The zero-order valence-electron chi connectivity index (χ0n) is 9.88. The Labute approximate surface area is 112 Å². The number of nitrogens with one attached hydrogen (secondary N) is 3. The van der Waals surface area contributed by atoms with Crippen molar-refractivity contribution in [2.24, 2.45) is 0 Å². The van der Waals surface area contributed by atoms with Gasteiger partial charge in [-0.05, 0) is 25.1 Å². The predicted octanol–water partition coefficient (Wildman–Crippen LogP) is 1.84. The lowest BCUT2D eigenvalue weighted by Gasteiger charge is -2.15. The molecule has 3 amide bonds. The Kier molecular flexibility index (Phi) is 5.08. The Hall–Kier alpha value is -1.63. The van der Waals surface area contributed by atoms with Crippen LogP contribution in [0.2, 0.25) is 0 Å². The van der Waals surface area contributed by atoms with Gasteiger partial charge in [0.2, 0.25) is 5.91 Å². The van der Waals surface area contributed by atoms with Crippen molar-refractivity contribution in [1.29, 1.82) is 0 Å². The fourth-order valence-electron chi connectivity index (χ4n) is 1.19. The second kappa shape index (κ2) is 6.34. The highest BCUT2D eigenvalue weighted by molar-refractivity contribution is 9.10. The average molecular weight is 318 g/mol. The van der Waals surface area contributed by atoms with Crippen molar-refractivity contribution in [3.8, 4) is 0 Å². The monoisotopic (exact) mass is 317 g/mol. The average Bonchev–Trinajstić information content (AvgIpc) is 2.32. The summed E-state index contributed by atoms with van der Waals surface area (Å²) in [6, 6.07) is 3.09. The third-order valence-electron chi connectivity index (χ3n) is 2.16. The van der Waals surface area contributed by atoms with Crippen LogP contribution >= 0.6 is 15.9 Å². The van der Waals surface area contributed by atoms with E-state index in [1.165, 1.54) is 26.1 Å². The number of hydrogen-bond donors (Lipinski definition) is 3. The molecule has 1 aromatic rings. The third kappa shape index (κ3) is 3.99. The largest absolute Gasteiger partial charge is 0.372 e. The van der Waals surface area contributed by atoms with E-state index in [1.54, 1.807) is 6.07 Å². The molecule has 1 aromatic carbocycles. The van der Waals surface area contributed by atoms with E-state index < -0.39 is 23.8 Å². The van der Waals surface area contributed by atoms with Crippen LogP contribution in [0.25, 0.3) is 0 Å². The van der Waals surface area contributed by atoms with E-state index in [2.05, 4.69) is 31.9 Å². The Morgan fingerprint density at radius 1 is 1.39 bits per heavy atom. The molecule has 0 fully saturated rings. The minimum absolute atomic E-state index is 0.192. The van der Waals surface area contributed by atoms with E-state index in [1.807, 2.05) is 0 Å². The minimum atomic E-state index is -0.738. The Morgan fingerprint density at radius 2 is 2.06 bits per heavy atom. The van der Waals surface area contributed by atoms with Gasteiger partial charge >= 0.3 is 6.03 Å². The van der Waals surface area contributed by atoms with Crippen molar-refractivity contribution >= 4 is 33.6 Å². The van der Waals surface area contributed by atoms with Crippen molar-refractivity contribution in [2.75, 3.05) is 12.4 Å². The number of halogens is 2. The van der Waals surface area contributed by atoms with E-state index in [4.69, 9.17) is 0 Å². The van der Waals surface area contributed by atoms with Crippen molar-refractivity contribution in [3.63, 3.8) is 0 Å². The van der Waals surface area contributed by atoms with Gasteiger partial charge in [-0.3, -0.25) is 10.1 Å². The molecule has 0 saturated heterocycles. The summed E-state index contributed by atoms with van der Waals surface area (Å²) in [4.78, 5) is 22.5. The number of carbonyl (C=O) groups is 2. The molecule has 1 atom stereocenters. The van der Waals surface area contributed by atoms with Crippen LogP contribution in [-0.2, 0) is 4.79 Å². The van der Waals surface area contributed by atoms with Crippen LogP contribution in [0, 0.1) is 5.82 Å². The highest BCUT2D eigenvalue weighted by Gasteiger charge is 2.16. The zero-order chi connectivity index (χ0) is 13.7. The smallest absolute Gasteiger partial charge is 0.321 e. The molecule has 1 unspecified atom stereocenters. The van der Waals surface area contributed by atoms with Gasteiger partial charge in [-0.1, -0.05) is 15.9 Å². The minimum Gasteiger partial charge on any atom is -0.372 e. The van der Waals surface area contributed by atoms with E-state index >= 15 is 0 Å². The lowest BCUT2D eigenvalue weighted by Crippen LogP contribution is -2.44. The fraction of sp³-hybridized carbons (Fsp3) is 0.273. The molecule has 0 heterocycles. The molecule has 0 radical (unpaired) electrons. The van der Waals surface area contributed by atoms with Gasteiger partial charge in [0.15, 0.2) is 0 Å². The predicted molar refractivity (Wildman–Crippen MR) is 69.8 cm³/mol. The fourth-order valence-corrected chi connectivity index (χ4v) is 1.52. The number of anilines is 1. The first-order valence-corrected chi connectivity index (χ1v) is 5.97. The number of amides is 3. The Bertz CT molecular complexity index is 468. The summed E-state index contributed by atoms with van der Waals surface area (Å²) in [5, 5.41) is 7.03. The van der Waals surface area contributed by atoms with Gasteiger partial charge in [-0.25, -0.2) is 9.18 Å². The normalized spacial score (nSPS) is 11.6. The molecule has 0 aromatic heterocycles. The van der Waals surface area contributed by atoms with Gasteiger partial charge in [-0.15, -0.1) is 0 Å². The molecule has 5 nitrogen and oxygen atoms in total. The van der Waals surface area contributed by atoms with Gasteiger partial charge in [0.25, 0.3) is 0 Å². The number of carbonyl (C=O) groups excluding carboxylic acids is 2. The Morgan fingerprint density at radius 3 is 2.61 bits per heavy atom. The van der Waals surface area contributed by atoms with E-state index in [9.17, 15) is 14.0 Å². The van der Waals surface area contributed by atoms with Crippen LogP contribution in [0.4, 0.5) is 14.9 Å². The highest BCUT2D eigenvalue weighted by atomic mass is 79.9. The van der Waals surface area contributed by atoms with Crippen LogP contribution in [0.5, 0.6) is 0 Å². The van der Waals surface area contributed by atoms with Crippen LogP contribution in [0.3, 0.4) is 0 Å². The number of imide groups is 1. The van der Waals surface area contributed by atoms with Gasteiger partial charge in [0.05, 0.1) is 5.69 Å². The number of rotatable bonds is 3. The number of hydrogen-bond acceptors (Lipinski definition) is 3. The lowest BCUT2D eigenvalue weighted by molar-refractivity contribution is -0.120. The quantitative estimate of drug-likeness (QED) is 0.796. The maximum absolute atomic E-state index is 13.5. The first-order valence-electron chi connectivity index (χ1n) is 5.18. The maximum Gasteiger partial charge on any atom is 0.321 e. The van der Waals surface area contributed by atoms with Gasteiger partial charge in [-0.2, -0.15) is 0 Å². The molecule has 3 N–H and O–H groups in total. The van der Waals surface area contributed by atoms with Crippen LogP contribution < -0.4 is 16.0 Å². The number of benzene rings is 1. The molecule has 0 spiro atoms.